The summed E-state index contributed by atoms with van der Waals surface area (Å²) < 4.78 is 5.55. The molecule has 4 amide bonds. The Morgan fingerprint density at radius 3 is 2.30 bits per heavy atom. The summed E-state index contributed by atoms with van der Waals surface area (Å²) in [5.41, 5.74) is -0.0578. The van der Waals surface area contributed by atoms with Crippen LogP contribution < -0.4 is 16.0 Å². The molecule has 3 N–H and O–H groups in total. The topological polar surface area (TPSA) is 134 Å². The number of rotatable bonds is 4. The van der Waals surface area contributed by atoms with Gasteiger partial charge in [0.1, 0.15) is 29.9 Å². The van der Waals surface area contributed by atoms with Crippen molar-refractivity contribution in [3.8, 4) is 0 Å². The van der Waals surface area contributed by atoms with Crippen molar-refractivity contribution >= 4 is 52.1 Å². The second kappa shape index (κ2) is 11.8. The monoisotopic (exact) mass is 500 g/mol. The lowest BCUT2D eigenvalue weighted by molar-refractivity contribution is -0.153. The van der Waals surface area contributed by atoms with E-state index < -0.39 is 47.9 Å². The summed E-state index contributed by atoms with van der Waals surface area (Å²) in [5, 5.41) is 7.81. The van der Waals surface area contributed by atoms with Gasteiger partial charge < -0.3 is 25.6 Å². The van der Waals surface area contributed by atoms with Crippen LogP contribution in [-0.2, 0) is 28.7 Å². The Bertz CT molecular complexity index is 832. The van der Waals surface area contributed by atoms with Gasteiger partial charge in [-0.2, -0.15) is 0 Å². The molecule has 10 nitrogen and oxygen atoms in total. The van der Waals surface area contributed by atoms with E-state index in [1.807, 2.05) is 0 Å². The Labute approximate surface area is 202 Å². The molecule has 0 spiro atoms. The van der Waals surface area contributed by atoms with E-state index in [0.717, 1.165) is 10.8 Å². The van der Waals surface area contributed by atoms with Crippen LogP contribution in [0.5, 0.6) is 0 Å². The second-order valence-electron chi connectivity index (χ2n) is 8.74. The summed E-state index contributed by atoms with van der Waals surface area (Å²) in [4.78, 5) is 65.8. The lowest BCUT2D eigenvalue weighted by Crippen LogP contribution is -2.56. The maximum Gasteiger partial charge on any atom is 0.329 e. The molecule has 2 heterocycles. The van der Waals surface area contributed by atoms with E-state index in [-0.39, 0.29) is 42.2 Å². The molecule has 33 heavy (non-hydrogen) atoms. The molecular formula is C21H32N4O6S2. The molecule has 0 aromatic carbocycles. The maximum atomic E-state index is 13.2. The van der Waals surface area contributed by atoms with Crippen LogP contribution in [-0.4, -0.2) is 71.0 Å². The minimum absolute atomic E-state index is 0.0535. The largest absolute Gasteiger partial charge is 0.458 e. The summed E-state index contributed by atoms with van der Waals surface area (Å²) in [5.74, 6) is -3.21. The first kappa shape index (κ1) is 27.0. The number of ether oxygens (including phenoxy) is 1. The van der Waals surface area contributed by atoms with Crippen LogP contribution in [0.4, 0.5) is 0 Å². The molecule has 2 rings (SSSR count). The fraction of sp³-hybridized carbons (Fsp3) is 0.667. The molecule has 4 atom stereocenters. The van der Waals surface area contributed by atoms with E-state index in [2.05, 4.69) is 27.6 Å². The van der Waals surface area contributed by atoms with Crippen LogP contribution in [0.25, 0.3) is 0 Å². The van der Waals surface area contributed by atoms with Gasteiger partial charge in [-0.15, -0.1) is 11.7 Å². The molecule has 0 aromatic rings. The Balaban J connectivity index is 2.47. The van der Waals surface area contributed by atoms with Crippen LogP contribution in [0.2, 0.25) is 0 Å². The molecule has 0 aromatic heterocycles. The number of thiol groups is 1. The van der Waals surface area contributed by atoms with E-state index >= 15 is 0 Å². The highest BCUT2D eigenvalue weighted by Crippen LogP contribution is 2.23. The van der Waals surface area contributed by atoms with Crippen molar-refractivity contribution in [2.45, 2.75) is 65.3 Å². The average Bonchev–Trinajstić information content (AvgIpc) is 3.07. The number of amides is 4. The van der Waals surface area contributed by atoms with Crippen LogP contribution in [0.1, 0.15) is 41.0 Å². The summed E-state index contributed by atoms with van der Waals surface area (Å²) in [6.07, 6.45) is 0.605. The van der Waals surface area contributed by atoms with Gasteiger partial charge in [0.25, 0.3) is 5.91 Å². The third-order valence-corrected chi connectivity index (χ3v) is 6.44. The number of nitrogens with zero attached hydrogens (tertiary/aromatic N) is 1. The smallest absolute Gasteiger partial charge is 0.329 e. The molecule has 2 saturated heterocycles. The Hall–Kier alpha value is -2.21. The van der Waals surface area contributed by atoms with Crippen molar-refractivity contribution < 1.29 is 28.7 Å². The molecule has 184 valence electrons. The molecule has 2 bridgehead atoms. The highest BCUT2D eigenvalue weighted by Gasteiger charge is 2.42. The van der Waals surface area contributed by atoms with E-state index in [1.165, 1.54) is 11.0 Å². The molecule has 2 aliphatic rings. The molecule has 0 saturated carbocycles. The second-order valence-corrected chi connectivity index (χ2v) is 10.1. The zero-order valence-corrected chi connectivity index (χ0v) is 21.1. The number of hydrogen-bond acceptors (Lipinski definition) is 8. The number of carbonyl (C=O) groups is 5. The van der Waals surface area contributed by atoms with E-state index in [9.17, 15) is 24.0 Å². The van der Waals surface area contributed by atoms with Gasteiger partial charge in [-0.05, 0) is 18.8 Å². The first-order valence-corrected chi connectivity index (χ1v) is 12.9. The lowest BCUT2D eigenvalue weighted by atomic mass is 10.0. The Morgan fingerprint density at radius 2 is 1.76 bits per heavy atom. The molecule has 12 heteroatoms. The van der Waals surface area contributed by atoms with Crippen molar-refractivity contribution in [3.05, 3.63) is 11.8 Å². The molecular weight excluding hydrogens is 468 g/mol. The number of fused-ring (bicyclic) bond motifs is 2. The minimum atomic E-state index is -0.999. The van der Waals surface area contributed by atoms with E-state index in [4.69, 9.17) is 4.74 Å². The third-order valence-electron chi connectivity index (χ3n) is 5.51. The number of allylic oxidation sites excluding steroid dienone is 1. The Morgan fingerprint density at radius 1 is 1.09 bits per heavy atom. The van der Waals surface area contributed by atoms with E-state index in [0.29, 0.717) is 0 Å². The summed E-state index contributed by atoms with van der Waals surface area (Å²) in [6.45, 7) is 8.71. The highest BCUT2D eigenvalue weighted by atomic mass is 33.1. The van der Waals surface area contributed by atoms with Crippen LogP contribution in [0.15, 0.2) is 11.8 Å². The van der Waals surface area contributed by atoms with Crippen molar-refractivity contribution in [2.24, 2.45) is 11.8 Å². The fourth-order valence-electron chi connectivity index (χ4n) is 3.80. The predicted molar refractivity (Wildman–Crippen MR) is 127 cm³/mol. The minimum Gasteiger partial charge on any atom is -0.458 e. The normalized spacial score (nSPS) is 28.9. The fourth-order valence-corrected chi connectivity index (χ4v) is 4.63. The van der Waals surface area contributed by atoms with Gasteiger partial charge in [0.2, 0.25) is 17.7 Å². The Kier molecular flexibility index (Phi) is 9.65. The number of esters is 1. The highest BCUT2D eigenvalue weighted by molar-refractivity contribution is 8.68. The van der Waals surface area contributed by atoms with Gasteiger partial charge in [0.15, 0.2) is 0 Å². The molecule has 2 fully saturated rings. The zero-order chi connectivity index (χ0) is 24.9. The van der Waals surface area contributed by atoms with Gasteiger partial charge >= 0.3 is 5.97 Å². The van der Waals surface area contributed by atoms with Gasteiger partial charge in [0.05, 0.1) is 13.0 Å². The van der Waals surface area contributed by atoms with Crippen molar-refractivity contribution in [1.29, 1.82) is 0 Å². The predicted octanol–water partition coefficient (Wildman–Crippen LogP) is 0.392. The number of hydrogen-bond donors (Lipinski definition) is 4. The number of carbonyl (C=O) groups excluding carboxylic acids is 5. The van der Waals surface area contributed by atoms with Gasteiger partial charge in [-0.3, -0.25) is 19.2 Å². The first-order valence-electron chi connectivity index (χ1n) is 10.8. The first-order chi connectivity index (χ1) is 15.5. The van der Waals surface area contributed by atoms with Gasteiger partial charge in [0, 0.05) is 5.75 Å². The van der Waals surface area contributed by atoms with Gasteiger partial charge in [-0.1, -0.05) is 44.6 Å². The average molecular weight is 501 g/mol. The van der Waals surface area contributed by atoms with Crippen molar-refractivity contribution in [3.63, 3.8) is 0 Å². The molecule has 0 radical (unpaired) electrons. The SMILES string of the molecule is C/C=C1\NC(=O)[C@@H](CSS)NC(=O)[C@@H](C(C)C)N2C[C@@H](CC2=O)OC(=O)[C@H](C(C)C)NC1=O. The number of nitrogens with one attached hydrogen (secondary N) is 3. The lowest BCUT2D eigenvalue weighted by Gasteiger charge is -2.31. The quantitative estimate of drug-likeness (QED) is 0.190. The van der Waals surface area contributed by atoms with Crippen molar-refractivity contribution in [2.75, 3.05) is 12.3 Å². The van der Waals surface area contributed by atoms with Crippen LogP contribution in [0.3, 0.4) is 0 Å². The van der Waals surface area contributed by atoms with Crippen molar-refractivity contribution in [1.82, 2.24) is 20.9 Å². The maximum absolute atomic E-state index is 13.2. The summed E-state index contributed by atoms with van der Waals surface area (Å²) >= 11 is 4.10. The third kappa shape index (κ3) is 6.66. The molecule has 0 aliphatic carbocycles. The summed E-state index contributed by atoms with van der Waals surface area (Å²) in [6, 6.07) is -2.84. The molecule has 2 aliphatic heterocycles. The standard InChI is InChI=1S/C21H32N4O6S2/c1-6-13-18(27)24-16(10(2)3)21(30)31-12-7-15(26)25(8-12)17(11(4)5)20(29)23-14(9-33-32)19(28)22-13/h6,10-12,14,16-17,32H,7-9H2,1-5H3,(H,22,28)(H,23,29)(H,24,27)/b13-6-/t12-,14-,16+,17-/m1/s1. The molecule has 0 unspecified atom stereocenters. The van der Waals surface area contributed by atoms with Crippen LogP contribution in [0, 0.1) is 11.8 Å². The zero-order valence-electron chi connectivity index (χ0n) is 19.4. The van der Waals surface area contributed by atoms with Crippen LogP contribution >= 0.6 is 22.5 Å². The van der Waals surface area contributed by atoms with E-state index in [1.54, 1.807) is 34.6 Å². The van der Waals surface area contributed by atoms with Gasteiger partial charge in [-0.25, -0.2) is 4.79 Å². The summed E-state index contributed by atoms with van der Waals surface area (Å²) in [7, 11) is 1.05.